The van der Waals surface area contributed by atoms with E-state index in [1.807, 2.05) is 17.2 Å². The van der Waals surface area contributed by atoms with Gasteiger partial charge in [-0.2, -0.15) is 11.3 Å². The van der Waals surface area contributed by atoms with E-state index in [4.69, 9.17) is 4.74 Å². The third-order valence-corrected chi connectivity index (χ3v) is 5.69. The molecular formula is C16H22N4O2S2. The van der Waals surface area contributed by atoms with Crippen LogP contribution < -0.4 is 5.32 Å². The van der Waals surface area contributed by atoms with Gasteiger partial charge in [-0.25, -0.2) is 4.79 Å². The maximum Gasteiger partial charge on any atom is 0.318 e. The Balaban J connectivity index is 1.58. The Hall–Kier alpha value is -1.51. The predicted octanol–water partition coefficient (Wildman–Crippen LogP) is 3.05. The topological polar surface area (TPSA) is 67.4 Å². The Bertz CT molecular complexity index is 638. The summed E-state index contributed by atoms with van der Waals surface area (Å²) in [5.41, 5.74) is 1.15. The van der Waals surface area contributed by atoms with Crippen molar-refractivity contribution < 1.29 is 9.53 Å². The summed E-state index contributed by atoms with van der Waals surface area (Å²) in [4.78, 5) is 14.5. The number of hydrogen-bond acceptors (Lipinski definition) is 6. The Morgan fingerprint density at radius 3 is 3.00 bits per heavy atom. The summed E-state index contributed by atoms with van der Waals surface area (Å²) < 4.78 is 5.69. The van der Waals surface area contributed by atoms with Crippen molar-refractivity contribution in [1.29, 1.82) is 0 Å². The first-order chi connectivity index (χ1) is 11.7. The summed E-state index contributed by atoms with van der Waals surface area (Å²) in [5.74, 6) is 0. The molecule has 1 N–H and O–H groups in total. The van der Waals surface area contributed by atoms with Crippen LogP contribution in [0.3, 0.4) is 0 Å². The van der Waals surface area contributed by atoms with Crippen LogP contribution in [-0.2, 0) is 24.2 Å². The molecular weight excluding hydrogens is 344 g/mol. The van der Waals surface area contributed by atoms with Crippen molar-refractivity contribution in [3.8, 4) is 0 Å². The molecule has 0 aliphatic carbocycles. The number of urea groups is 1. The van der Waals surface area contributed by atoms with E-state index in [0.717, 1.165) is 41.4 Å². The van der Waals surface area contributed by atoms with Gasteiger partial charge >= 0.3 is 6.03 Å². The zero-order valence-corrected chi connectivity index (χ0v) is 15.4. The standard InChI is InChI=1S/C16H22N4O2S2/c1-2-14-18-19-15(24-14)8-17-16(21)20(9-12-5-7-23-11-12)10-13-4-3-6-22-13/h5,7,11,13H,2-4,6,8-10H2,1H3,(H,17,21)/t13-/m0/s1. The Morgan fingerprint density at radius 1 is 1.46 bits per heavy atom. The first-order valence-electron chi connectivity index (χ1n) is 8.21. The van der Waals surface area contributed by atoms with E-state index in [-0.39, 0.29) is 12.1 Å². The molecule has 1 fully saturated rings. The normalized spacial score (nSPS) is 17.1. The number of amides is 2. The third kappa shape index (κ3) is 4.75. The first-order valence-corrected chi connectivity index (χ1v) is 9.97. The fraction of sp³-hybridized carbons (Fsp3) is 0.562. The average Bonchev–Trinajstić information content (AvgIpc) is 3.34. The van der Waals surface area contributed by atoms with Crippen molar-refractivity contribution in [2.75, 3.05) is 13.2 Å². The van der Waals surface area contributed by atoms with Crippen LogP contribution in [-0.4, -0.2) is 40.4 Å². The van der Waals surface area contributed by atoms with Crippen LogP contribution in [0.15, 0.2) is 16.8 Å². The van der Waals surface area contributed by atoms with Crippen LogP contribution in [0.5, 0.6) is 0 Å². The van der Waals surface area contributed by atoms with Crippen molar-refractivity contribution in [2.45, 2.75) is 45.4 Å². The lowest BCUT2D eigenvalue weighted by molar-refractivity contribution is 0.0794. The zero-order valence-electron chi connectivity index (χ0n) is 13.7. The molecule has 0 aromatic carbocycles. The van der Waals surface area contributed by atoms with Crippen LogP contribution in [0.1, 0.15) is 35.3 Å². The minimum atomic E-state index is -0.0788. The second kappa shape index (κ2) is 8.55. The monoisotopic (exact) mass is 366 g/mol. The molecule has 3 heterocycles. The van der Waals surface area contributed by atoms with Crippen molar-refractivity contribution >= 4 is 28.7 Å². The number of nitrogens with zero attached hydrogens (tertiary/aromatic N) is 3. The molecule has 24 heavy (non-hydrogen) atoms. The van der Waals surface area contributed by atoms with Gasteiger partial charge in [-0.3, -0.25) is 0 Å². The fourth-order valence-electron chi connectivity index (χ4n) is 2.62. The van der Waals surface area contributed by atoms with Gasteiger partial charge in [-0.15, -0.1) is 10.2 Å². The van der Waals surface area contributed by atoms with E-state index in [0.29, 0.717) is 19.6 Å². The zero-order chi connectivity index (χ0) is 16.8. The van der Waals surface area contributed by atoms with Gasteiger partial charge in [-0.1, -0.05) is 18.3 Å². The lowest BCUT2D eigenvalue weighted by Gasteiger charge is -2.25. The number of hydrogen-bond donors (Lipinski definition) is 1. The van der Waals surface area contributed by atoms with Crippen molar-refractivity contribution in [3.63, 3.8) is 0 Å². The number of aryl methyl sites for hydroxylation is 1. The summed E-state index contributed by atoms with van der Waals surface area (Å²) >= 11 is 3.19. The molecule has 130 valence electrons. The minimum absolute atomic E-state index is 0.0788. The summed E-state index contributed by atoms with van der Waals surface area (Å²) in [7, 11) is 0. The molecule has 0 radical (unpaired) electrons. The molecule has 2 amide bonds. The average molecular weight is 367 g/mol. The molecule has 8 heteroatoms. The molecule has 1 aliphatic heterocycles. The van der Waals surface area contributed by atoms with Gasteiger partial charge in [0.05, 0.1) is 12.6 Å². The van der Waals surface area contributed by atoms with Gasteiger partial charge in [0.15, 0.2) is 0 Å². The van der Waals surface area contributed by atoms with E-state index in [2.05, 4.69) is 27.0 Å². The third-order valence-electron chi connectivity index (χ3n) is 3.89. The van der Waals surface area contributed by atoms with E-state index >= 15 is 0 Å². The Kier molecular flexibility index (Phi) is 6.17. The second-order valence-corrected chi connectivity index (χ2v) is 7.68. The highest BCUT2D eigenvalue weighted by molar-refractivity contribution is 7.11. The highest BCUT2D eigenvalue weighted by Crippen LogP contribution is 2.17. The van der Waals surface area contributed by atoms with Gasteiger partial charge in [-0.05, 0) is 41.7 Å². The highest BCUT2D eigenvalue weighted by atomic mass is 32.1. The predicted molar refractivity (Wildman–Crippen MR) is 95.2 cm³/mol. The van der Waals surface area contributed by atoms with Crippen LogP contribution in [0, 0.1) is 0 Å². The smallest absolute Gasteiger partial charge is 0.318 e. The molecule has 3 rings (SSSR count). The number of ether oxygens (including phenoxy) is 1. The molecule has 1 aliphatic rings. The molecule has 0 unspecified atom stereocenters. The molecule has 1 saturated heterocycles. The molecule has 2 aromatic heterocycles. The Morgan fingerprint density at radius 2 is 2.33 bits per heavy atom. The van der Waals surface area contributed by atoms with Crippen molar-refractivity contribution in [3.05, 3.63) is 32.4 Å². The molecule has 0 saturated carbocycles. The van der Waals surface area contributed by atoms with Crippen LogP contribution >= 0.6 is 22.7 Å². The summed E-state index contributed by atoms with van der Waals surface area (Å²) in [6.45, 7) is 4.49. The summed E-state index contributed by atoms with van der Waals surface area (Å²) in [6, 6.07) is 1.98. The quantitative estimate of drug-likeness (QED) is 0.818. The number of rotatable bonds is 7. The molecule has 1 atom stereocenters. The summed E-state index contributed by atoms with van der Waals surface area (Å²) in [6.07, 6.45) is 3.10. The van der Waals surface area contributed by atoms with E-state index in [1.165, 1.54) is 0 Å². The number of carbonyl (C=O) groups is 1. The number of thiophene rings is 1. The highest BCUT2D eigenvalue weighted by Gasteiger charge is 2.23. The van der Waals surface area contributed by atoms with Gasteiger partial charge in [0, 0.05) is 19.7 Å². The Labute approximate surface area is 149 Å². The summed E-state index contributed by atoms with van der Waals surface area (Å²) in [5, 5.41) is 17.1. The van der Waals surface area contributed by atoms with Gasteiger partial charge in [0.2, 0.25) is 0 Å². The lowest BCUT2D eigenvalue weighted by atomic mass is 10.2. The minimum Gasteiger partial charge on any atom is -0.376 e. The maximum absolute atomic E-state index is 12.6. The second-order valence-electron chi connectivity index (χ2n) is 5.75. The van der Waals surface area contributed by atoms with Gasteiger partial charge in [0.25, 0.3) is 0 Å². The fourth-order valence-corrected chi connectivity index (χ4v) is 4.01. The van der Waals surface area contributed by atoms with Gasteiger partial charge < -0.3 is 15.0 Å². The van der Waals surface area contributed by atoms with Crippen LogP contribution in [0.2, 0.25) is 0 Å². The van der Waals surface area contributed by atoms with E-state index < -0.39 is 0 Å². The maximum atomic E-state index is 12.6. The van der Waals surface area contributed by atoms with Crippen molar-refractivity contribution in [2.24, 2.45) is 0 Å². The van der Waals surface area contributed by atoms with E-state index in [9.17, 15) is 4.79 Å². The lowest BCUT2D eigenvalue weighted by Crippen LogP contribution is -2.43. The largest absolute Gasteiger partial charge is 0.376 e. The molecule has 2 aromatic rings. The van der Waals surface area contributed by atoms with Crippen LogP contribution in [0.25, 0.3) is 0 Å². The SMILES string of the molecule is CCc1nnc(CNC(=O)N(Cc2ccsc2)C[C@@H]2CCCO2)s1. The molecule has 0 spiro atoms. The van der Waals surface area contributed by atoms with Crippen molar-refractivity contribution in [1.82, 2.24) is 20.4 Å². The first kappa shape index (κ1) is 17.3. The van der Waals surface area contributed by atoms with E-state index in [1.54, 1.807) is 22.7 Å². The molecule has 6 nitrogen and oxygen atoms in total. The number of carbonyl (C=O) groups excluding carboxylic acids is 1. The van der Waals surface area contributed by atoms with Gasteiger partial charge in [0.1, 0.15) is 10.0 Å². The molecule has 0 bridgehead atoms. The van der Waals surface area contributed by atoms with Crippen LogP contribution in [0.4, 0.5) is 4.79 Å². The number of aromatic nitrogens is 2. The number of nitrogens with one attached hydrogen (secondary N) is 1.